The van der Waals surface area contributed by atoms with Crippen molar-refractivity contribution in [1.82, 2.24) is 9.88 Å². The lowest BCUT2D eigenvalue weighted by Gasteiger charge is -2.06. The highest BCUT2D eigenvalue weighted by molar-refractivity contribution is 9.10. The SMILES string of the molecule is CNC(C)c1ccn(Cc2cc(Br)cs2)c1. The minimum atomic E-state index is 0.413. The van der Waals surface area contributed by atoms with E-state index in [1.807, 2.05) is 7.05 Å². The van der Waals surface area contributed by atoms with Gasteiger partial charge in [-0.15, -0.1) is 11.3 Å². The van der Waals surface area contributed by atoms with Gasteiger partial charge in [-0.2, -0.15) is 0 Å². The Morgan fingerprint density at radius 2 is 2.38 bits per heavy atom. The average molecular weight is 299 g/mol. The molecule has 0 spiro atoms. The molecule has 0 aliphatic heterocycles. The zero-order valence-electron chi connectivity index (χ0n) is 9.40. The first-order valence-electron chi connectivity index (χ1n) is 5.25. The Hall–Kier alpha value is -0.580. The molecule has 86 valence electrons. The molecule has 0 aliphatic rings. The van der Waals surface area contributed by atoms with Crippen LogP contribution in [0.4, 0.5) is 0 Å². The summed E-state index contributed by atoms with van der Waals surface area (Å²) in [5.74, 6) is 0. The Morgan fingerprint density at radius 3 is 3.00 bits per heavy atom. The topological polar surface area (TPSA) is 17.0 Å². The number of aromatic nitrogens is 1. The molecular formula is C12H15BrN2S. The molecule has 1 atom stereocenters. The van der Waals surface area contributed by atoms with Crippen LogP contribution in [0, 0.1) is 0 Å². The molecule has 4 heteroatoms. The molecule has 0 aliphatic carbocycles. The largest absolute Gasteiger partial charge is 0.349 e. The summed E-state index contributed by atoms with van der Waals surface area (Å²) in [6, 6.07) is 4.76. The Labute approximate surface area is 108 Å². The molecule has 2 nitrogen and oxygen atoms in total. The monoisotopic (exact) mass is 298 g/mol. The van der Waals surface area contributed by atoms with Crippen molar-refractivity contribution in [2.45, 2.75) is 19.5 Å². The lowest BCUT2D eigenvalue weighted by atomic mass is 10.2. The minimum Gasteiger partial charge on any atom is -0.349 e. The number of halogens is 1. The smallest absolute Gasteiger partial charge is 0.0564 e. The Kier molecular flexibility index (Phi) is 3.84. The predicted molar refractivity (Wildman–Crippen MR) is 73.0 cm³/mol. The third kappa shape index (κ3) is 2.75. The van der Waals surface area contributed by atoms with Crippen LogP contribution >= 0.6 is 27.3 Å². The molecule has 0 saturated carbocycles. The Bertz CT molecular complexity index is 461. The molecule has 2 heterocycles. The van der Waals surface area contributed by atoms with Gasteiger partial charge in [0, 0.05) is 33.2 Å². The normalized spacial score (nSPS) is 12.9. The summed E-state index contributed by atoms with van der Waals surface area (Å²) in [5.41, 5.74) is 1.33. The van der Waals surface area contributed by atoms with Crippen molar-refractivity contribution in [1.29, 1.82) is 0 Å². The van der Waals surface area contributed by atoms with Gasteiger partial charge in [0.15, 0.2) is 0 Å². The second-order valence-corrected chi connectivity index (χ2v) is 5.77. The van der Waals surface area contributed by atoms with Gasteiger partial charge in [0.25, 0.3) is 0 Å². The molecule has 0 fully saturated rings. The van der Waals surface area contributed by atoms with E-state index in [0.29, 0.717) is 6.04 Å². The van der Waals surface area contributed by atoms with Crippen LogP contribution in [0.2, 0.25) is 0 Å². The van der Waals surface area contributed by atoms with Crippen molar-refractivity contribution in [3.05, 3.63) is 44.8 Å². The number of nitrogens with one attached hydrogen (secondary N) is 1. The van der Waals surface area contributed by atoms with Crippen molar-refractivity contribution in [2.24, 2.45) is 0 Å². The molecule has 2 aromatic heterocycles. The summed E-state index contributed by atoms with van der Waals surface area (Å²) in [6.45, 7) is 3.12. The van der Waals surface area contributed by atoms with Gasteiger partial charge in [0.2, 0.25) is 0 Å². The molecule has 0 radical (unpaired) electrons. The van der Waals surface area contributed by atoms with Crippen molar-refractivity contribution in [3.8, 4) is 0 Å². The highest BCUT2D eigenvalue weighted by Crippen LogP contribution is 2.21. The van der Waals surface area contributed by atoms with Gasteiger partial charge in [-0.3, -0.25) is 0 Å². The molecule has 0 bridgehead atoms. The second-order valence-electron chi connectivity index (χ2n) is 3.86. The fourth-order valence-electron chi connectivity index (χ4n) is 1.60. The molecule has 0 saturated heterocycles. The summed E-state index contributed by atoms with van der Waals surface area (Å²) in [6.07, 6.45) is 4.34. The number of nitrogens with zero attached hydrogens (tertiary/aromatic N) is 1. The van der Waals surface area contributed by atoms with E-state index in [1.165, 1.54) is 14.9 Å². The Balaban J connectivity index is 2.08. The molecule has 16 heavy (non-hydrogen) atoms. The highest BCUT2D eigenvalue weighted by atomic mass is 79.9. The fourth-order valence-corrected chi connectivity index (χ4v) is 3.06. The molecule has 0 amide bonds. The maximum Gasteiger partial charge on any atom is 0.0564 e. The number of rotatable bonds is 4. The lowest BCUT2D eigenvalue weighted by molar-refractivity contribution is 0.649. The summed E-state index contributed by atoms with van der Waals surface area (Å²) in [4.78, 5) is 1.37. The van der Waals surface area contributed by atoms with E-state index >= 15 is 0 Å². The summed E-state index contributed by atoms with van der Waals surface area (Å²) >= 11 is 5.26. The summed E-state index contributed by atoms with van der Waals surface area (Å²) in [7, 11) is 1.98. The van der Waals surface area contributed by atoms with E-state index in [4.69, 9.17) is 0 Å². The third-order valence-electron chi connectivity index (χ3n) is 2.67. The first kappa shape index (κ1) is 11.9. The minimum absolute atomic E-state index is 0.413. The summed E-state index contributed by atoms with van der Waals surface area (Å²) in [5, 5.41) is 5.37. The predicted octanol–water partition coefficient (Wildman–Crippen LogP) is 3.64. The first-order valence-corrected chi connectivity index (χ1v) is 6.92. The van der Waals surface area contributed by atoms with Crippen LogP contribution in [-0.4, -0.2) is 11.6 Å². The standard InChI is InChI=1S/C12H15BrN2S/c1-9(14-2)10-3-4-15(6-10)7-12-5-11(13)8-16-12/h3-6,8-9,14H,7H2,1-2H3. The van der Waals surface area contributed by atoms with Crippen LogP contribution in [0.5, 0.6) is 0 Å². The van der Waals surface area contributed by atoms with E-state index < -0.39 is 0 Å². The van der Waals surface area contributed by atoms with E-state index in [-0.39, 0.29) is 0 Å². The number of hydrogen-bond acceptors (Lipinski definition) is 2. The van der Waals surface area contributed by atoms with E-state index in [2.05, 4.69) is 62.6 Å². The maximum absolute atomic E-state index is 3.48. The van der Waals surface area contributed by atoms with Crippen molar-refractivity contribution in [3.63, 3.8) is 0 Å². The van der Waals surface area contributed by atoms with E-state index in [1.54, 1.807) is 11.3 Å². The van der Waals surface area contributed by atoms with E-state index in [9.17, 15) is 0 Å². The molecular weight excluding hydrogens is 284 g/mol. The summed E-state index contributed by atoms with van der Waals surface area (Å²) < 4.78 is 3.39. The maximum atomic E-state index is 3.48. The van der Waals surface area contributed by atoms with Crippen LogP contribution in [0.25, 0.3) is 0 Å². The average Bonchev–Trinajstić information content (AvgIpc) is 2.87. The van der Waals surface area contributed by atoms with Crippen molar-refractivity contribution in [2.75, 3.05) is 7.05 Å². The van der Waals surface area contributed by atoms with Crippen LogP contribution in [0.1, 0.15) is 23.4 Å². The number of hydrogen-bond donors (Lipinski definition) is 1. The molecule has 2 rings (SSSR count). The fraction of sp³-hybridized carbons (Fsp3) is 0.333. The van der Waals surface area contributed by atoms with Crippen LogP contribution in [-0.2, 0) is 6.54 Å². The van der Waals surface area contributed by atoms with E-state index in [0.717, 1.165) is 6.54 Å². The highest BCUT2D eigenvalue weighted by Gasteiger charge is 2.05. The molecule has 0 aromatic carbocycles. The second kappa shape index (κ2) is 5.17. The zero-order valence-corrected chi connectivity index (χ0v) is 11.8. The lowest BCUT2D eigenvalue weighted by Crippen LogP contribution is -2.11. The molecule has 1 N–H and O–H groups in total. The van der Waals surface area contributed by atoms with Crippen molar-refractivity contribution >= 4 is 27.3 Å². The van der Waals surface area contributed by atoms with Gasteiger partial charge in [0.05, 0.1) is 6.54 Å². The zero-order chi connectivity index (χ0) is 11.5. The van der Waals surface area contributed by atoms with Gasteiger partial charge in [0.1, 0.15) is 0 Å². The van der Waals surface area contributed by atoms with Crippen LogP contribution in [0.3, 0.4) is 0 Å². The van der Waals surface area contributed by atoms with Gasteiger partial charge < -0.3 is 9.88 Å². The first-order chi connectivity index (χ1) is 7.69. The number of thiophene rings is 1. The third-order valence-corrected chi connectivity index (χ3v) is 4.35. The molecule has 2 aromatic rings. The van der Waals surface area contributed by atoms with Gasteiger partial charge in [-0.25, -0.2) is 0 Å². The van der Waals surface area contributed by atoms with Gasteiger partial charge in [-0.1, -0.05) is 0 Å². The van der Waals surface area contributed by atoms with Gasteiger partial charge in [-0.05, 0) is 47.6 Å². The van der Waals surface area contributed by atoms with Crippen molar-refractivity contribution < 1.29 is 0 Å². The quantitative estimate of drug-likeness (QED) is 0.912. The molecule has 1 unspecified atom stereocenters. The van der Waals surface area contributed by atoms with Crippen LogP contribution in [0.15, 0.2) is 34.4 Å². The van der Waals surface area contributed by atoms with Gasteiger partial charge >= 0.3 is 0 Å². The van der Waals surface area contributed by atoms with Crippen LogP contribution < -0.4 is 5.32 Å². The Morgan fingerprint density at radius 1 is 1.56 bits per heavy atom.